The van der Waals surface area contributed by atoms with Gasteiger partial charge < -0.3 is 24.8 Å². The molecular formula is C20H34IN3O3. The zero-order valence-electron chi connectivity index (χ0n) is 17.0. The highest BCUT2D eigenvalue weighted by Gasteiger charge is 2.29. The van der Waals surface area contributed by atoms with Gasteiger partial charge in [0.1, 0.15) is 0 Å². The van der Waals surface area contributed by atoms with Gasteiger partial charge >= 0.3 is 0 Å². The molecule has 1 heterocycles. The minimum Gasteiger partial charge on any atom is -0.493 e. The van der Waals surface area contributed by atoms with E-state index in [1.54, 1.807) is 14.2 Å². The molecule has 154 valence electrons. The van der Waals surface area contributed by atoms with Crippen molar-refractivity contribution < 1.29 is 14.2 Å². The highest BCUT2D eigenvalue weighted by molar-refractivity contribution is 14.0. The van der Waals surface area contributed by atoms with Gasteiger partial charge in [-0.15, -0.1) is 24.0 Å². The van der Waals surface area contributed by atoms with E-state index in [9.17, 15) is 0 Å². The van der Waals surface area contributed by atoms with Gasteiger partial charge in [0.2, 0.25) is 0 Å². The molecule has 0 aliphatic carbocycles. The van der Waals surface area contributed by atoms with Crippen molar-refractivity contribution in [3.63, 3.8) is 0 Å². The molecule has 27 heavy (non-hydrogen) atoms. The zero-order valence-corrected chi connectivity index (χ0v) is 19.3. The maximum Gasteiger partial charge on any atom is 0.191 e. The number of aliphatic imine (C=N–C) groups is 1. The lowest BCUT2D eigenvalue weighted by molar-refractivity contribution is 0.0283. The van der Waals surface area contributed by atoms with Crippen molar-refractivity contribution in [2.24, 2.45) is 4.99 Å². The molecule has 0 radical (unpaired) electrons. The minimum absolute atomic E-state index is 0. The summed E-state index contributed by atoms with van der Waals surface area (Å²) in [6.07, 6.45) is 4.18. The number of methoxy groups -OCH3 is 2. The van der Waals surface area contributed by atoms with Crippen LogP contribution in [0.4, 0.5) is 0 Å². The third kappa shape index (κ3) is 7.73. The summed E-state index contributed by atoms with van der Waals surface area (Å²) in [7, 11) is 3.32. The van der Waals surface area contributed by atoms with Crippen molar-refractivity contribution in [2.45, 2.75) is 45.1 Å². The van der Waals surface area contributed by atoms with Crippen molar-refractivity contribution >= 4 is 29.9 Å². The summed E-state index contributed by atoms with van der Waals surface area (Å²) >= 11 is 0. The van der Waals surface area contributed by atoms with Crippen molar-refractivity contribution in [2.75, 3.05) is 40.5 Å². The highest BCUT2D eigenvalue weighted by atomic mass is 127. The molecule has 1 aromatic carbocycles. The van der Waals surface area contributed by atoms with E-state index in [-0.39, 0.29) is 29.6 Å². The van der Waals surface area contributed by atoms with E-state index in [0.29, 0.717) is 6.54 Å². The van der Waals surface area contributed by atoms with Crippen LogP contribution in [0.1, 0.15) is 38.7 Å². The number of aryl methyl sites for hydroxylation is 1. The van der Waals surface area contributed by atoms with Gasteiger partial charge in [-0.2, -0.15) is 0 Å². The van der Waals surface area contributed by atoms with Gasteiger partial charge in [0, 0.05) is 19.7 Å². The largest absolute Gasteiger partial charge is 0.493 e. The molecule has 1 saturated heterocycles. The van der Waals surface area contributed by atoms with Crippen LogP contribution < -0.4 is 20.1 Å². The lowest BCUT2D eigenvalue weighted by Crippen LogP contribution is -2.39. The maximum absolute atomic E-state index is 5.81. The quantitative estimate of drug-likeness (QED) is 0.240. The van der Waals surface area contributed by atoms with Crippen molar-refractivity contribution in [1.82, 2.24) is 10.6 Å². The van der Waals surface area contributed by atoms with Crippen molar-refractivity contribution in [3.05, 3.63) is 23.8 Å². The Kier molecular flexibility index (Phi) is 10.8. The summed E-state index contributed by atoms with van der Waals surface area (Å²) in [5.41, 5.74) is 1.13. The monoisotopic (exact) mass is 491 g/mol. The van der Waals surface area contributed by atoms with E-state index >= 15 is 0 Å². The second-order valence-electron chi connectivity index (χ2n) is 6.82. The summed E-state index contributed by atoms with van der Waals surface area (Å²) in [6, 6.07) is 6.07. The summed E-state index contributed by atoms with van der Waals surface area (Å²) in [4.78, 5) is 4.69. The molecule has 1 fully saturated rings. The molecule has 7 heteroatoms. The van der Waals surface area contributed by atoms with E-state index in [1.165, 1.54) is 5.56 Å². The van der Waals surface area contributed by atoms with Crippen LogP contribution in [0.25, 0.3) is 0 Å². The Bertz CT molecular complexity index is 590. The fourth-order valence-corrected chi connectivity index (χ4v) is 3.09. The molecule has 2 rings (SSSR count). The minimum atomic E-state index is -0.109. The molecule has 1 unspecified atom stereocenters. The Morgan fingerprint density at radius 1 is 1.22 bits per heavy atom. The lowest BCUT2D eigenvalue weighted by atomic mass is 10.0. The average Bonchev–Trinajstić information content (AvgIpc) is 3.09. The molecule has 0 aromatic heterocycles. The fourth-order valence-electron chi connectivity index (χ4n) is 3.09. The number of ether oxygens (including phenoxy) is 3. The number of hydrogen-bond donors (Lipinski definition) is 2. The number of benzene rings is 1. The first-order valence-corrected chi connectivity index (χ1v) is 9.47. The molecule has 0 spiro atoms. The molecule has 0 bridgehead atoms. The van der Waals surface area contributed by atoms with Crippen LogP contribution in [0.2, 0.25) is 0 Å². The average molecular weight is 491 g/mol. The van der Waals surface area contributed by atoms with E-state index < -0.39 is 0 Å². The van der Waals surface area contributed by atoms with E-state index in [2.05, 4.69) is 30.5 Å². The third-order valence-electron chi connectivity index (χ3n) is 4.60. The summed E-state index contributed by atoms with van der Waals surface area (Å²) in [5.74, 6) is 2.40. The number of rotatable bonds is 9. The van der Waals surface area contributed by atoms with Gasteiger partial charge in [-0.1, -0.05) is 6.07 Å². The molecule has 0 saturated carbocycles. The Balaban J connectivity index is 0.00000364. The van der Waals surface area contributed by atoms with Gasteiger partial charge in [0.15, 0.2) is 17.5 Å². The molecule has 2 N–H and O–H groups in total. The Morgan fingerprint density at radius 2 is 2.00 bits per heavy atom. The smallest absolute Gasteiger partial charge is 0.191 e. The molecule has 1 atom stereocenters. The van der Waals surface area contributed by atoms with Crippen molar-refractivity contribution in [3.8, 4) is 11.5 Å². The van der Waals surface area contributed by atoms with Gasteiger partial charge in [-0.25, -0.2) is 0 Å². The lowest BCUT2D eigenvalue weighted by Gasteiger charge is -2.21. The first kappa shape index (κ1) is 23.8. The second kappa shape index (κ2) is 12.3. The van der Waals surface area contributed by atoms with Gasteiger partial charge in [0.25, 0.3) is 0 Å². The number of hydrogen-bond acceptors (Lipinski definition) is 4. The number of halogens is 1. The Hall–Kier alpha value is -1.22. The molecule has 0 amide bonds. The van der Waals surface area contributed by atoms with Gasteiger partial charge in [-0.05, 0) is 57.2 Å². The standard InChI is InChI=1S/C20H33N3O3.HI/c1-5-21-19(23-15-20(2)11-7-13-26-20)22-12-6-8-16-9-10-17(24-3)18(14-16)25-4;/h9-10,14H,5-8,11-13,15H2,1-4H3,(H2,21,22,23);1H. The predicted molar refractivity (Wildman–Crippen MR) is 121 cm³/mol. The molecule has 6 nitrogen and oxygen atoms in total. The van der Waals surface area contributed by atoms with Gasteiger partial charge in [0.05, 0.1) is 26.4 Å². The topological polar surface area (TPSA) is 64.1 Å². The van der Waals surface area contributed by atoms with Crippen LogP contribution in [0.3, 0.4) is 0 Å². The van der Waals surface area contributed by atoms with E-state index in [4.69, 9.17) is 19.2 Å². The van der Waals surface area contributed by atoms with E-state index in [0.717, 1.165) is 62.8 Å². The second-order valence-corrected chi connectivity index (χ2v) is 6.82. The van der Waals surface area contributed by atoms with Crippen LogP contribution >= 0.6 is 24.0 Å². The predicted octanol–water partition coefficient (Wildman–Crippen LogP) is 3.38. The SMILES string of the molecule is CCNC(=NCC1(C)CCCO1)NCCCc1ccc(OC)c(OC)c1.I. The van der Waals surface area contributed by atoms with Crippen LogP contribution in [-0.4, -0.2) is 52.0 Å². The summed E-state index contributed by atoms with van der Waals surface area (Å²) in [5, 5.41) is 6.71. The Morgan fingerprint density at radius 3 is 2.63 bits per heavy atom. The number of nitrogens with one attached hydrogen (secondary N) is 2. The molecule has 1 aromatic rings. The van der Waals surface area contributed by atoms with Crippen LogP contribution in [0.15, 0.2) is 23.2 Å². The van der Waals surface area contributed by atoms with Crippen LogP contribution in [0, 0.1) is 0 Å². The number of guanidine groups is 1. The molecule has 1 aliphatic heterocycles. The molecular weight excluding hydrogens is 457 g/mol. The van der Waals surface area contributed by atoms with Crippen LogP contribution in [0.5, 0.6) is 11.5 Å². The normalized spacial score (nSPS) is 19.3. The van der Waals surface area contributed by atoms with Gasteiger partial charge in [-0.3, -0.25) is 4.99 Å². The zero-order chi connectivity index (χ0) is 18.8. The maximum atomic E-state index is 5.81. The Labute approximate surface area is 180 Å². The van der Waals surface area contributed by atoms with Crippen LogP contribution in [-0.2, 0) is 11.2 Å². The first-order valence-electron chi connectivity index (χ1n) is 9.47. The van der Waals surface area contributed by atoms with E-state index in [1.807, 2.05) is 12.1 Å². The van der Waals surface area contributed by atoms with Crippen molar-refractivity contribution in [1.29, 1.82) is 0 Å². The third-order valence-corrected chi connectivity index (χ3v) is 4.60. The fraction of sp³-hybridized carbons (Fsp3) is 0.650. The first-order chi connectivity index (χ1) is 12.6. The summed E-state index contributed by atoms with van der Waals surface area (Å²) in [6.45, 7) is 7.47. The summed E-state index contributed by atoms with van der Waals surface area (Å²) < 4.78 is 16.5. The highest BCUT2D eigenvalue weighted by Crippen LogP contribution is 2.28. The molecule has 1 aliphatic rings. The number of nitrogens with zero attached hydrogens (tertiary/aromatic N) is 1.